The molecule has 136 valence electrons. The van der Waals surface area contributed by atoms with Gasteiger partial charge in [0.15, 0.2) is 12.4 Å². The topological polar surface area (TPSA) is 72.5 Å². The molecule has 5 nitrogen and oxygen atoms in total. The lowest BCUT2D eigenvalue weighted by molar-refractivity contribution is -0.141. The molecule has 2 aromatic rings. The summed E-state index contributed by atoms with van der Waals surface area (Å²) in [5.74, 6) is -1.53. The zero-order chi connectivity index (χ0) is 18.9. The second-order valence-corrected chi connectivity index (χ2v) is 6.73. The van der Waals surface area contributed by atoms with Crippen LogP contribution in [0.1, 0.15) is 17.3 Å². The number of anilines is 1. The van der Waals surface area contributed by atoms with Crippen molar-refractivity contribution in [3.8, 4) is 0 Å². The SMILES string of the molecule is C[C@@H](SCC(=O)Nc1ccc(F)cc1)C(=O)OCC(=O)c1ccccc1. The highest BCUT2D eigenvalue weighted by molar-refractivity contribution is 8.01. The predicted octanol–water partition coefficient (Wildman–Crippen LogP) is 3.31. The van der Waals surface area contributed by atoms with E-state index >= 15 is 0 Å². The number of halogens is 1. The fraction of sp³-hybridized carbons (Fsp3) is 0.211. The highest BCUT2D eigenvalue weighted by atomic mass is 32.2. The molecule has 0 saturated carbocycles. The molecule has 0 heterocycles. The van der Waals surface area contributed by atoms with E-state index in [1.54, 1.807) is 37.3 Å². The normalized spacial score (nSPS) is 11.5. The Morgan fingerprint density at radius 1 is 1.08 bits per heavy atom. The van der Waals surface area contributed by atoms with Crippen LogP contribution in [0.5, 0.6) is 0 Å². The first kappa shape index (κ1) is 19.7. The maximum atomic E-state index is 12.8. The van der Waals surface area contributed by atoms with E-state index in [0.29, 0.717) is 11.3 Å². The molecular formula is C19H18FNO4S. The summed E-state index contributed by atoms with van der Waals surface area (Å²) in [6.07, 6.45) is 0. The second-order valence-electron chi connectivity index (χ2n) is 5.41. The minimum atomic E-state index is -0.599. The van der Waals surface area contributed by atoms with E-state index in [-0.39, 0.29) is 24.1 Å². The van der Waals surface area contributed by atoms with E-state index < -0.39 is 17.0 Å². The number of hydrogen-bond acceptors (Lipinski definition) is 5. The van der Waals surface area contributed by atoms with E-state index in [2.05, 4.69) is 5.32 Å². The molecule has 1 amide bonds. The second kappa shape index (κ2) is 9.72. The maximum absolute atomic E-state index is 12.8. The molecular weight excluding hydrogens is 357 g/mol. The number of benzene rings is 2. The summed E-state index contributed by atoms with van der Waals surface area (Å²) in [7, 11) is 0. The van der Waals surface area contributed by atoms with Gasteiger partial charge in [-0.1, -0.05) is 30.3 Å². The van der Waals surface area contributed by atoms with E-state index in [1.165, 1.54) is 24.3 Å². The van der Waals surface area contributed by atoms with Gasteiger partial charge in [0.05, 0.1) is 5.75 Å². The summed E-state index contributed by atoms with van der Waals surface area (Å²) in [5.41, 5.74) is 0.944. The molecule has 7 heteroatoms. The zero-order valence-corrected chi connectivity index (χ0v) is 14.9. The average Bonchev–Trinajstić information content (AvgIpc) is 2.66. The van der Waals surface area contributed by atoms with Crippen LogP contribution in [0.2, 0.25) is 0 Å². The Balaban J connectivity index is 1.72. The van der Waals surface area contributed by atoms with Gasteiger partial charge in [0.1, 0.15) is 11.1 Å². The van der Waals surface area contributed by atoms with Gasteiger partial charge in [-0.25, -0.2) is 4.39 Å². The molecule has 26 heavy (non-hydrogen) atoms. The van der Waals surface area contributed by atoms with Crippen LogP contribution >= 0.6 is 11.8 Å². The number of ketones is 1. The Bertz CT molecular complexity index is 765. The number of rotatable bonds is 8. The number of carbonyl (C=O) groups excluding carboxylic acids is 3. The van der Waals surface area contributed by atoms with Gasteiger partial charge in [-0.2, -0.15) is 0 Å². The number of carbonyl (C=O) groups is 3. The van der Waals surface area contributed by atoms with Gasteiger partial charge >= 0.3 is 5.97 Å². The molecule has 0 radical (unpaired) electrons. The third-order valence-corrected chi connectivity index (χ3v) is 4.49. The lowest BCUT2D eigenvalue weighted by Gasteiger charge is -2.11. The van der Waals surface area contributed by atoms with Gasteiger partial charge in [0.2, 0.25) is 5.91 Å². The number of thioether (sulfide) groups is 1. The third-order valence-electron chi connectivity index (χ3n) is 3.37. The number of Topliss-reactive ketones (excluding diaryl/α,β-unsaturated/α-hetero) is 1. The van der Waals surface area contributed by atoms with Crippen LogP contribution in [-0.4, -0.2) is 35.3 Å². The predicted molar refractivity (Wildman–Crippen MR) is 98.7 cm³/mol. The lowest BCUT2D eigenvalue weighted by atomic mass is 10.1. The Morgan fingerprint density at radius 2 is 1.73 bits per heavy atom. The number of esters is 1. The van der Waals surface area contributed by atoms with Crippen molar-refractivity contribution in [1.82, 2.24) is 0 Å². The standard InChI is InChI=1S/C19H18FNO4S/c1-13(19(24)25-11-17(22)14-5-3-2-4-6-14)26-12-18(23)21-16-9-7-15(20)8-10-16/h2-10,13H,11-12H2,1H3,(H,21,23)/t13-/m1/s1. The monoisotopic (exact) mass is 375 g/mol. The van der Waals surface area contributed by atoms with Crippen LogP contribution in [0.4, 0.5) is 10.1 Å². The fourth-order valence-corrected chi connectivity index (χ4v) is 2.64. The van der Waals surface area contributed by atoms with Crippen molar-refractivity contribution in [3.63, 3.8) is 0 Å². The van der Waals surface area contributed by atoms with E-state index in [0.717, 1.165) is 11.8 Å². The van der Waals surface area contributed by atoms with Crippen molar-refractivity contribution in [2.45, 2.75) is 12.2 Å². The zero-order valence-electron chi connectivity index (χ0n) is 14.1. The largest absolute Gasteiger partial charge is 0.456 e. The molecule has 2 rings (SSSR count). The average molecular weight is 375 g/mol. The van der Waals surface area contributed by atoms with Gasteiger partial charge in [-0.05, 0) is 31.2 Å². The Morgan fingerprint density at radius 3 is 2.38 bits per heavy atom. The Labute approximate surface area is 154 Å². The van der Waals surface area contributed by atoms with Gasteiger partial charge in [-0.15, -0.1) is 11.8 Å². The molecule has 0 spiro atoms. The Hall–Kier alpha value is -2.67. The van der Waals surface area contributed by atoms with E-state index in [9.17, 15) is 18.8 Å². The van der Waals surface area contributed by atoms with Crippen LogP contribution in [0.25, 0.3) is 0 Å². The maximum Gasteiger partial charge on any atom is 0.319 e. The van der Waals surface area contributed by atoms with Crippen LogP contribution < -0.4 is 5.32 Å². The summed E-state index contributed by atoms with van der Waals surface area (Å²) < 4.78 is 17.8. The fourth-order valence-electron chi connectivity index (χ4n) is 1.96. The first-order valence-electron chi connectivity index (χ1n) is 7.87. The number of amides is 1. The minimum Gasteiger partial charge on any atom is -0.456 e. The number of hydrogen-bond donors (Lipinski definition) is 1. The molecule has 0 bridgehead atoms. The van der Waals surface area contributed by atoms with Crippen molar-refractivity contribution in [3.05, 3.63) is 66.0 Å². The summed E-state index contributed by atoms with van der Waals surface area (Å²) in [5, 5.41) is 2.00. The molecule has 0 aromatic heterocycles. The van der Waals surface area contributed by atoms with Crippen molar-refractivity contribution >= 4 is 35.1 Å². The van der Waals surface area contributed by atoms with Crippen LogP contribution in [0.15, 0.2) is 54.6 Å². The summed E-state index contributed by atoms with van der Waals surface area (Å²) in [6, 6.07) is 13.9. The van der Waals surface area contributed by atoms with Crippen LogP contribution in [0, 0.1) is 5.82 Å². The van der Waals surface area contributed by atoms with Gasteiger partial charge in [0, 0.05) is 11.3 Å². The third kappa shape index (κ3) is 6.33. The molecule has 1 atom stereocenters. The Kier molecular flexibility index (Phi) is 7.35. The van der Waals surface area contributed by atoms with Crippen LogP contribution in [-0.2, 0) is 14.3 Å². The minimum absolute atomic E-state index is 0.0281. The smallest absolute Gasteiger partial charge is 0.319 e. The molecule has 0 aliphatic carbocycles. The molecule has 0 unspecified atom stereocenters. The number of nitrogens with one attached hydrogen (secondary N) is 1. The molecule has 0 saturated heterocycles. The first-order valence-corrected chi connectivity index (χ1v) is 8.92. The van der Waals surface area contributed by atoms with Crippen molar-refractivity contribution in [1.29, 1.82) is 0 Å². The summed E-state index contributed by atoms with van der Waals surface area (Å²) in [4.78, 5) is 35.7. The molecule has 0 aliphatic rings. The molecule has 1 N–H and O–H groups in total. The van der Waals surface area contributed by atoms with Gasteiger partial charge in [0.25, 0.3) is 0 Å². The quantitative estimate of drug-likeness (QED) is 0.566. The summed E-state index contributed by atoms with van der Waals surface area (Å²) >= 11 is 1.09. The van der Waals surface area contributed by atoms with Crippen molar-refractivity contribution < 1.29 is 23.5 Å². The van der Waals surface area contributed by atoms with Gasteiger partial charge < -0.3 is 10.1 Å². The first-order chi connectivity index (χ1) is 12.5. The molecule has 0 fully saturated rings. The van der Waals surface area contributed by atoms with Crippen molar-refractivity contribution in [2.24, 2.45) is 0 Å². The van der Waals surface area contributed by atoms with E-state index in [4.69, 9.17) is 4.74 Å². The highest BCUT2D eigenvalue weighted by Gasteiger charge is 2.18. The van der Waals surface area contributed by atoms with Crippen LogP contribution in [0.3, 0.4) is 0 Å². The highest BCUT2D eigenvalue weighted by Crippen LogP contribution is 2.14. The molecule has 0 aliphatic heterocycles. The lowest BCUT2D eigenvalue weighted by Crippen LogP contribution is -2.23. The van der Waals surface area contributed by atoms with Crippen molar-refractivity contribution in [2.75, 3.05) is 17.7 Å². The van der Waals surface area contributed by atoms with Gasteiger partial charge in [-0.3, -0.25) is 14.4 Å². The van der Waals surface area contributed by atoms with E-state index in [1.807, 2.05) is 0 Å². The number of ether oxygens (including phenoxy) is 1. The molecule has 2 aromatic carbocycles. The summed E-state index contributed by atoms with van der Waals surface area (Å²) in [6.45, 7) is 1.26.